The van der Waals surface area contributed by atoms with Crippen LogP contribution in [0.1, 0.15) is 84.6 Å². The van der Waals surface area contributed by atoms with E-state index < -0.39 is 5.60 Å². The predicted molar refractivity (Wildman–Crippen MR) is 134 cm³/mol. The van der Waals surface area contributed by atoms with Crippen LogP contribution in [0.5, 0.6) is 0 Å². The Balaban J connectivity index is 1.36. The molecule has 3 aliphatic heterocycles. The first kappa shape index (κ1) is 24.1. The zero-order valence-corrected chi connectivity index (χ0v) is 21.6. The Morgan fingerprint density at radius 1 is 1.06 bits per heavy atom. The number of piperidine rings is 1. The fourth-order valence-electron chi connectivity index (χ4n) is 5.57. The van der Waals surface area contributed by atoms with E-state index in [-0.39, 0.29) is 24.2 Å². The SMILES string of the molecule is CC(C)c1cnn2c(NC3CC4CCC(C3)N4C(=O)OC(C)(C)C)nc(NC3CCOCC3)nc12. The molecule has 2 aromatic rings. The Morgan fingerprint density at radius 3 is 2.37 bits per heavy atom. The molecule has 5 rings (SSSR count). The van der Waals surface area contributed by atoms with Crippen LogP contribution in [0.15, 0.2) is 6.20 Å². The molecule has 10 nitrogen and oxygen atoms in total. The van der Waals surface area contributed by atoms with Crippen molar-refractivity contribution in [1.29, 1.82) is 0 Å². The van der Waals surface area contributed by atoms with Gasteiger partial charge in [-0.1, -0.05) is 13.8 Å². The van der Waals surface area contributed by atoms with Gasteiger partial charge < -0.3 is 25.0 Å². The summed E-state index contributed by atoms with van der Waals surface area (Å²) in [4.78, 5) is 24.5. The summed E-state index contributed by atoms with van der Waals surface area (Å²) < 4.78 is 13.0. The van der Waals surface area contributed by atoms with E-state index in [2.05, 4.69) is 29.6 Å². The van der Waals surface area contributed by atoms with Crippen LogP contribution in [-0.4, -0.2) is 73.6 Å². The zero-order valence-electron chi connectivity index (χ0n) is 21.6. The lowest BCUT2D eigenvalue weighted by Gasteiger charge is -2.39. The van der Waals surface area contributed by atoms with E-state index in [4.69, 9.17) is 19.4 Å². The maximum atomic E-state index is 12.8. The third-order valence-corrected chi connectivity index (χ3v) is 7.24. The van der Waals surface area contributed by atoms with E-state index in [1.165, 1.54) is 0 Å². The molecule has 2 N–H and O–H groups in total. The molecule has 0 aromatic carbocycles. The van der Waals surface area contributed by atoms with Gasteiger partial charge in [0.25, 0.3) is 0 Å². The minimum absolute atomic E-state index is 0.183. The highest BCUT2D eigenvalue weighted by Crippen LogP contribution is 2.38. The molecule has 35 heavy (non-hydrogen) atoms. The van der Waals surface area contributed by atoms with Crippen LogP contribution >= 0.6 is 0 Å². The van der Waals surface area contributed by atoms with E-state index in [0.29, 0.717) is 23.9 Å². The Labute approximate surface area is 207 Å². The third-order valence-electron chi connectivity index (χ3n) is 7.24. The number of nitrogens with zero attached hydrogens (tertiary/aromatic N) is 5. The van der Waals surface area contributed by atoms with Gasteiger partial charge in [-0.15, -0.1) is 0 Å². The molecular formula is C25H39N7O3. The standard InChI is InChI=1S/C25H39N7O3/c1-15(2)20-14-26-32-21(20)29-22(27-16-8-10-34-11-9-16)30-23(32)28-17-12-18-6-7-19(13-17)31(18)24(33)35-25(3,4)5/h14-19H,6-13H2,1-5H3,(H2,27,28,29,30). The van der Waals surface area contributed by atoms with E-state index in [0.717, 1.165) is 62.9 Å². The number of aromatic nitrogens is 4. The Bertz CT molecular complexity index is 1040. The zero-order chi connectivity index (χ0) is 24.7. The first-order chi connectivity index (χ1) is 16.7. The Kier molecular flexibility index (Phi) is 6.50. The van der Waals surface area contributed by atoms with E-state index in [1.54, 1.807) is 0 Å². The van der Waals surface area contributed by atoms with Gasteiger partial charge in [-0.25, -0.2) is 4.79 Å². The average molecular weight is 486 g/mol. The molecular weight excluding hydrogens is 446 g/mol. The molecule has 3 fully saturated rings. The molecule has 0 spiro atoms. The van der Waals surface area contributed by atoms with Gasteiger partial charge in [0.05, 0.1) is 6.20 Å². The van der Waals surface area contributed by atoms with Crippen molar-refractivity contribution in [3.05, 3.63) is 11.8 Å². The second kappa shape index (κ2) is 9.44. The van der Waals surface area contributed by atoms with Gasteiger partial charge >= 0.3 is 6.09 Å². The van der Waals surface area contributed by atoms with Crippen molar-refractivity contribution < 1.29 is 14.3 Å². The molecule has 2 bridgehead atoms. The molecule has 5 heterocycles. The number of nitrogens with one attached hydrogen (secondary N) is 2. The third kappa shape index (κ3) is 5.17. The van der Waals surface area contributed by atoms with Gasteiger partial charge in [-0.05, 0) is 65.2 Å². The van der Waals surface area contributed by atoms with Gasteiger partial charge in [0.1, 0.15) is 5.60 Å². The molecule has 3 aliphatic rings. The van der Waals surface area contributed by atoms with E-state index in [9.17, 15) is 4.79 Å². The number of anilines is 2. The van der Waals surface area contributed by atoms with Crippen LogP contribution in [0.25, 0.3) is 5.65 Å². The average Bonchev–Trinajstić information content (AvgIpc) is 3.32. The summed E-state index contributed by atoms with van der Waals surface area (Å²) in [5, 5.41) is 11.8. The van der Waals surface area contributed by atoms with Gasteiger partial charge in [0.2, 0.25) is 11.9 Å². The lowest BCUT2D eigenvalue weighted by Crippen LogP contribution is -2.51. The maximum absolute atomic E-state index is 12.8. The largest absolute Gasteiger partial charge is 0.444 e. The van der Waals surface area contributed by atoms with Crippen molar-refractivity contribution in [2.24, 2.45) is 0 Å². The van der Waals surface area contributed by atoms with Crippen LogP contribution in [0.4, 0.5) is 16.7 Å². The van der Waals surface area contributed by atoms with Gasteiger partial charge in [0.15, 0.2) is 5.65 Å². The fourth-order valence-corrected chi connectivity index (χ4v) is 5.57. The highest BCUT2D eigenvalue weighted by molar-refractivity contribution is 5.70. The van der Waals surface area contributed by atoms with Crippen LogP contribution in [0.2, 0.25) is 0 Å². The van der Waals surface area contributed by atoms with Crippen molar-refractivity contribution in [3.63, 3.8) is 0 Å². The smallest absolute Gasteiger partial charge is 0.410 e. The maximum Gasteiger partial charge on any atom is 0.410 e. The molecule has 1 amide bonds. The monoisotopic (exact) mass is 485 g/mol. The Hall–Kier alpha value is -2.62. The molecule has 192 valence electrons. The van der Waals surface area contributed by atoms with Crippen molar-refractivity contribution in [2.45, 2.75) is 109 Å². The second-order valence-corrected chi connectivity index (χ2v) is 11.5. The van der Waals surface area contributed by atoms with E-state index in [1.807, 2.05) is 36.4 Å². The topological polar surface area (TPSA) is 106 Å². The minimum Gasteiger partial charge on any atom is -0.444 e. The normalized spacial score (nSPS) is 25.3. The molecule has 0 saturated carbocycles. The van der Waals surface area contributed by atoms with Crippen molar-refractivity contribution in [2.75, 3.05) is 23.8 Å². The lowest BCUT2D eigenvalue weighted by atomic mass is 9.98. The number of fused-ring (bicyclic) bond motifs is 3. The number of carbonyl (C=O) groups is 1. The summed E-state index contributed by atoms with van der Waals surface area (Å²) in [6, 6.07) is 0.869. The summed E-state index contributed by atoms with van der Waals surface area (Å²) >= 11 is 0. The van der Waals surface area contributed by atoms with Crippen molar-refractivity contribution in [1.82, 2.24) is 24.5 Å². The molecule has 2 aromatic heterocycles. The summed E-state index contributed by atoms with van der Waals surface area (Å²) in [5.74, 6) is 1.63. The molecule has 10 heteroatoms. The van der Waals surface area contributed by atoms with Crippen LogP contribution < -0.4 is 10.6 Å². The summed E-state index contributed by atoms with van der Waals surface area (Å²) in [5.41, 5.74) is 1.45. The van der Waals surface area contributed by atoms with Gasteiger partial charge in [-0.3, -0.25) is 0 Å². The van der Waals surface area contributed by atoms with Crippen molar-refractivity contribution >= 4 is 23.6 Å². The molecule has 0 radical (unpaired) electrons. The number of hydrogen-bond donors (Lipinski definition) is 2. The van der Waals surface area contributed by atoms with Gasteiger partial charge in [0, 0.05) is 42.9 Å². The summed E-state index contributed by atoms with van der Waals surface area (Å²) in [7, 11) is 0. The quantitative estimate of drug-likeness (QED) is 0.650. The van der Waals surface area contributed by atoms with Crippen LogP contribution in [0.3, 0.4) is 0 Å². The Morgan fingerprint density at radius 2 is 1.74 bits per heavy atom. The molecule has 3 saturated heterocycles. The number of hydrogen-bond acceptors (Lipinski definition) is 8. The molecule has 2 atom stereocenters. The first-order valence-electron chi connectivity index (χ1n) is 13.1. The van der Waals surface area contributed by atoms with E-state index >= 15 is 0 Å². The number of amides is 1. The number of carbonyl (C=O) groups excluding carboxylic acids is 1. The fraction of sp³-hybridized carbons (Fsp3) is 0.760. The highest BCUT2D eigenvalue weighted by atomic mass is 16.6. The predicted octanol–water partition coefficient (Wildman–Crippen LogP) is 4.18. The number of ether oxygens (including phenoxy) is 2. The lowest BCUT2D eigenvalue weighted by molar-refractivity contribution is 0.00681. The highest BCUT2D eigenvalue weighted by Gasteiger charge is 2.45. The molecule has 2 unspecified atom stereocenters. The van der Waals surface area contributed by atoms with Gasteiger partial charge in [-0.2, -0.15) is 19.6 Å². The minimum atomic E-state index is -0.486. The van der Waals surface area contributed by atoms with Crippen molar-refractivity contribution in [3.8, 4) is 0 Å². The van der Waals surface area contributed by atoms with Crippen LogP contribution in [-0.2, 0) is 9.47 Å². The summed E-state index contributed by atoms with van der Waals surface area (Å²) in [6.07, 6.45) is 7.34. The number of rotatable bonds is 5. The van der Waals surface area contributed by atoms with Crippen LogP contribution in [0, 0.1) is 0 Å². The summed E-state index contributed by atoms with van der Waals surface area (Å²) in [6.45, 7) is 11.6. The first-order valence-corrected chi connectivity index (χ1v) is 13.1. The second-order valence-electron chi connectivity index (χ2n) is 11.5. The molecule has 0 aliphatic carbocycles.